The van der Waals surface area contributed by atoms with Crippen molar-refractivity contribution in [1.82, 2.24) is 9.80 Å². The van der Waals surface area contributed by atoms with Crippen LogP contribution in [0.4, 0.5) is 8.78 Å². The number of hydrogen-bond acceptors (Lipinski definition) is 4. The number of nitrogens with zero attached hydrogens (tertiary/aromatic N) is 2. The lowest BCUT2D eigenvalue weighted by molar-refractivity contribution is 0.0554. The molecule has 3 aromatic carbocycles. The van der Waals surface area contributed by atoms with Gasteiger partial charge in [-0.1, -0.05) is 44.2 Å². The molecule has 1 unspecified atom stereocenters. The minimum Gasteiger partial charge on any atom is -0.390 e. The highest BCUT2D eigenvalue weighted by atomic mass is 19.1. The van der Waals surface area contributed by atoms with Crippen molar-refractivity contribution < 1.29 is 23.5 Å². The SMILES string of the molecule is C/C=C\c1cccc(CN(C[C@@H](O)C(N)Cc2cc(F)cc(F)c2)C(=O)c2cc(C)cc(C(=O)N(CCC)CCC)c2)c1. The van der Waals surface area contributed by atoms with Crippen LogP contribution in [0.5, 0.6) is 0 Å². The Morgan fingerprint density at radius 2 is 1.49 bits per heavy atom. The van der Waals surface area contributed by atoms with E-state index >= 15 is 0 Å². The Morgan fingerprint density at radius 1 is 0.884 bits per heavy atom. The van der Waals surface area contributed by atoms with Gasteiger partial charge >= 0.3 is 0 Å². The van der Waals surface area contributed by atoms with Crippen molar-refractivity contribution in [3.8, 4) is 0 Å². The predicted molar refractivity (Wildman–Crippen MR) is 168 cm³/mol. The number of carbonyl (C=O) groups is 2. The second kappa shape index (κ2) is 16.1. The number of benzene rings is 3. The first-order valence-electron chi connectivity index (χ1n) is 14.8. The molecule has 6 nitrogen and oxygen atoms in total. The zero-order chi connectivity index (χ0) is 31.5. The highest BCUT2D eigenvalue weighted by molar-refractivity contribution is 6.00. The maximum atomic E-state index is 14.0. The fourth-order valence-electron chi connectivity index (χ4n) is 5.18. The van der Waals surface area contributed by atoms with Gasteiger partial charge in [0.1, 0.15) is 11.6 Å². The second-order valence-electron chi connectivity index (χ2n) is 11.0. The van der Waals surface area contributed by atoms with Crippen LogP contribution in [0.2, 0.25) is 0 Å². The Kier molecular flexibility index (Phi) is 12.6. The van der Waals surface area contributed by atoms with Gasteiger partial charge in [-0.2, -0.15) is 0 Å². The van der Waals surface area contributed by atoms with Crippen molar-refractivity contribution in [3.63, 3.8) is 0 Å². The average molecular weight is 592 g/mol. The number of hydrogen-bond donors (Lipinski definition) is 2. The van der Waals surface area contributed by atoms with Gasteiger partial charge in [-0.05, 0) is 91.8 Å². The number of aliphatic hydroxyl groups excluding tert-OH is 1. The molecule has 0 aliphatic rings. The molecular formula is C35H43F2N3O3. The van der Waals surface area contributed by atoms with E-state index in [1.165, 1.54) is 17.0 Å². The summed E-state index contributed by atoms with van der Waals surface area (Å²) in [5, 5.41) is 11.1. The van der Waals surface area contributed by atoms with Crippen molar-refractivity contribution >= 4 is 17.9 Å². The fourth-order valence-corrected chi connectivity index (χ4v) is 5.18. The summed E-state index contributed by atoms with van der Waals surface area (Å²) in [7, 11) is 0. The van der Waals surface area contributed by atoms with E-state index in [0.717, 1.165) is 35.6 Å². The summed E-state index contributed by atoms with van der Waals surface area (Å²) >= 11 is 0. The third-order valence-corrected chi connectivity index (χ3v) is 7.11. The first-order valence-corrected chi connectivity index (χ1v) is 14.8. The molecule has 3 N–H and O–H groups in total. The van der Waals surface area contributed by atoms with E-state index in [2.05, 4.69) is 0 Å². The van der Waals surface area contributed by atoms with Crippen LogP contribution in [0.15, 0.2) is 66.7 Å². The Balaban J connectivity index is 1.93. The van der Waals surface area contributed by atoms with Crippen molar-refractivity contribution in [2.24, 2.45) is 5.73 Å². The van der Waals surface area contributed by atoms with Gasteiger partial charge in [-0.25, -0.2) is 8.78 Å². The standard InChI is InChI=1S/C35H43F2N3O3/c1-5-9-25-10-8-11-26(16-25)22-40(23-33(41)32(38)19-27-17-30(36)21-31(37)18-27)35(43)29-15-24(4)14-28(20-29)34(42)39(12-6-2)13-7-3/h5,8-11,14-18,20-21,32-33,41H,6-7,12-13,19,22-23,38H2,1-4H3/b9-5-/t32?,33-/m1/s1. The molecule has 43 heavy (non-hydrogen) atoms. The highest BCUT2D eigenvalue weighted by Crippen LogP contribution is 2.19. The smallest absolute Gasteiger partial charge is 0.254 e. The predicted octanol–water partition coefficient (Wildman–Crippen LogP) is 6.14. The molecule has 0 saturated carbocycles. The van der Waals surface area contributed by atoms with Crippen LogP contribution in [0, 0.1) is 18.6 Å². The first-order chi connectivity index (χ1) is 20.5. The summed E-state index contributed by atoms with van der Waals surface area (Å²) in [4.78, 5) is 30.7. The maximum Gasteiger partial charge on any atom is 0.254 e. The van der Waals surface area contributed by atoms with Crippen LogP contribution in [-0.2, 0) is 13.0 Å². The van der Waals surface area contributed by atoms with Crippen LogP contribution in [0.1, 0.15) is 76.6 Å². The van der Waals surface area contributed by atoms with Gasteiger partial charge in [0.05, 0.1) is 6.10 Å². The van der Waals surface area contributed by atoms with Crippen LogP contribution in [0.25, 0.3) is 6.08 Å². The maximum absolute atomic E-state index is 14.0. The summed E-state index contributed by atoms with van der Waals surface area (Å²) in [5.74, 6) is -1.95. The third-order valence-electron chi connectivity index (χ3n) is 7.11. The zero-order valence-corrected chi connectivity index (χ0v) is 25.5. The topological polar surface area (TPSA) is 86.9 Å². The van der Waals surface area contributed by atoms with Crippen LogP contribution >= 0.6 is 0 Å². The first kappa shape index (κ1) is 33.6. The van der Waals surface area contributed by atoms with Gasteiger partial charge in [0.15, 0.2) is 0 Å². The van der Waals surface area contributed by atoms with Gasteiger partial charge in [-0.15, -0.1) is 0 Å². The lowest BCUT2D eigenvalue weighted by atomic mass is 10.00. The molecule has 0 bridgehead atoms. The molecule has 2 amide bonds. The van der Waals surface area contributed by atoms with Gasteiger partial charge in [0.2, 0.25) is 0 Å². The van der Waals surface area contributed by atoms with E-state index in [1.54, 1.807) is 23.1 Å². The largest absolute Gasteiger partial charge is 0.390 e. The molecule has 0 fully saturated rings. The number of halogens is 2. The van der Waals surface area contributed by atoms with Crippen LogP contribution < -0.4 is 5.73 Å². The number of allylic oxidation sites excluding steroid dienone is 1. The molecule has 0 radical (unpaired) electrons. The number of amides is 2. The monoisotopic (exact) mass is 591 g/mol. The number of aryl methyl sites for hydroxylation is 1. The molecule has 230 valence electrons. The number of rotatable bonds is 14. The summed E-state index contributed by atoms with van der Waals surface area (Å²) in [5.41, 5.74) is 9.93. The summed E-state index contributed by atoms with van der Waals surface area (Å²) in [6, 6.07) is 15.1. The van der Waals surface area contributed by atoms with E-state index in [4.69, 9.17) is 5.73 Å². The van der Waals surface area contributed by atoms with E-state index in [-0.39, 0.29) is 31.3 Å². The van der Waals surface area contributed by atoms with E-state index in [9.17, 15) is 23.5 Å². The van der Waals surface area contributed by atoms with E-state index in [1.807, 2.05) is 64.1 Å². The fraction of sp³-hybridized carbons (Fsp3) is 0.371. The average Bonchev–Trinajstić information content (AvgIpc) is 2.95. The van der Waals surface area contributed by atoms with Gasteiger partial charge in [0.25, 0.3) is 11.8 Å². The van der Waals surface area contributed by atoms with Gasteiger partial charge in [0, 0.05) is 49.4 Å². The molecule has 3 rings (SSSR count). The van der Waals surface area contributed by atoms with Gasteiger partial charge in [-0.3, -0.25) is 9.59 Å². The summed E-state index contributed by atoms with van der Waals surface area (Å²) < 4.78 is 27.5. The molecule has 0 aliphatic heterocycles. The molecule has 0 heterocycles. The van der Waals surface area contributed by atoms with Crippen LogP contribution in [-0.4, -0.2) is 58.5 Å². The third kappa shape index (κ3) is 9.83. The highest BCUT2D eigenvalue weighted by Gasteiger charge is 2.25. The minimum atomic E-state index is -1.19. The molecular weight excluding hydrogens is 548 g/mol. The molecule has 8 heteroatoms. The van der Waals surface area contributed by atoms with E-state index < -0.39 is 23.8 Å². The van der Waals surface area contributed by atoms with E-state index in [0.29, 0.717) is 29.8 Å². The number of nitrogens with two attached hydrogens (primary N) is 1. The molecule has 0 aromatic heterocycles. The van der Waals surface area contributed by atoms with Gasteiger partial charge < -0.3 is 20.6 Å². The quantitative estimate of drug-likeness (QED) is 0.236. The van der Waals surface area contributed by atoms with Crippen LogP contribution in [0.3, 0.4) is 0 Å². The summed E-state index contributed by atoms with van der Waals surface area (Å²) in [6.45, 7) is 9.10. The molecule has 0 aliphatic carbocycles. The minimum absolute atomic E-state index is 0.0163. The molecule has 0 saturated heterocycles. The van der Waals surface area contributed by atoms with Crippen molar-refractivity contribution in [2.75, 3.05) is 19.6 Å². The Bertz CT molecular complexity index is 1400. The lowest BCUT2D eigenvalue weighted by Gasteiger charge is -2.29. The zero-order valence-electron chi connectivity index (χ0n) is 25.5. The second-order valence-corrected chi connectivity index (χ2v) is 11.0. The lowest BCUT2D eigenvalue weighted by Crippen LogP contribution is -2.46. The van der Waals surface area contributed by atoms with Crippen molar-refractivity contribution in [3.05, 3.63) is 112 Å². The number of carbonyl (C=O) groups excluding carboxylic acids is 2. The van der Waals surface area contributed by atoms with Crippen molar-refractivity contribution in [1.29, 1.82) is 0 Å². The molecule has 2 atom stereocenters. The number of aliphatic hydroxyl groups is 1. The Labute approximate surface area is 253 Å². The Hall–Kier alpha value is -3.88. The van der Waals surface area contributed by atoms with Crippen molar-refractivity contribution in [2.45, 2.75) is 65.6 Å². The normalized spacial score (nSPS) is 12.7. The molecule has 0 spiro atoms. The summed E-state index contributed by atoms with van der Waals surface area (Å²) in [6.07, 6.45) is 4.35. The Morgan fingerprint density at radius 3 is 2.07 bits per heavy atom. The molecule has 3 aromatic rings.